The van der Waals surface area contributed by atoms with Gasteiger partial charge in [-0.25, -0.2) is 0 Å². The van der Waals surface area contributed by atoms with Gasteiger partial charge in [0.05, 0.1) is 6.04 Å². The Morgan fingerprint density at radius 1 is 1.29 bits per heavy atom. The van der Waals surface area contributed by atoms with Crippen LogP contribution in [0.5, 0.6) is 0 Å². The van der Waals surface area contributed by atoms with Crippen LogP contribution in [0.15, 0.2) is 12.2 Å². The van der Waals surface area contributed by atoms with Gasteiger partial charge in [-0.15, -0.1) is 0 Å². The van der Waals surface area contributed by atoms with Crippen LogP contribution in [0.4, 0.5) is 0 Å². The maximum atomic E-state index is 11.9. The molecule has 0 amide bonds. The molecule has 2 atom stereocenters. The van der Waals surface area contributed by atoms with Gasteiger partial charge < -0.3 is 10.8 Å². The Kier molecular flexibility index (Phi) is 8.32. The molecule has 4 heteroatoms. The van der Waals surface area contributed by atoms with E-state index in [1.54, 1.807) is 0 Å². The number of aliphatic carboxylic acids is 1. The van der Waals surface area contributed by atoms with Crippen LogP contribution in [0.25, 0.3) is 0 Å². The van der Waals surface area contributed by atoms with E-state index in [4.69, 9.17) is 10.8 Å². The van der Waals surface area contributed by atoms with Gasteiger partial charge in [-0.3, -0.25) is 9.59 Å². The molecule has 0 bridgehead atoms. The molecule has 17 heavy (non-hydrogen) atoms. The molecule has 0 aliphatic heterocycles. The van der Waals surface area contributed by atoms with E-state index in [1.807, 2.05) is 26.0 Å². The molecule has 0 aromatic heterocycles. The average molecular weight is 241 g/mol. The van der Waals surface area contributed by atoms with Crippen LogP contribution in [0.1, 0.15) is 46.0 Å². The highest BCUT2D eigenvalue weighted by Gasteiger charge is 2.22. The van der Waals surface area contributed by atoms with E-state index in [1.165, 1.54) is 0 Å². The fraction of sp³-hybridized carbons (Fsp3) is 0.692. The van der Waals surface area contributed by atoms with Gasteiger partial charge in [0.15, 0.2) is 5.78 Å². The summed E-state index contributed by atoms with van der Waals surface area (Å²) < 4.78 is 0. The number of hydrogen-bond acceptors (Lipinski definition) is 3. The first-order chi connectivity index (χ1) is 8.02. The third-order valence-corrected chi connectivity index (χ3v) is 2.75. The predicted molar refractivity (Wildman–Crippen MR) is 67.7 cm³/mol. The molecule has 0 aliphatic carbocycles. The van der Waals surface area contributed by atoms with E-state index >= 15 is 0 Å². The zero-order valence-corrected chi connectivity index (χ0v) is 10.7. The maximum Gasteiger partial charge on any atom is 0.303 e. The van der Waals surface area contributed by atoms with Crippen molar-refractivity contribution in [2.24, 2.45) is 11.7 Å². The second kappa shape index (κ2) is 8.93. The van der Waals surface area contributed by atoms with Crippen LogP contribution >= 0.6 is 0 Å². The molecule has 0 spiro atoms. The topological polar surface area (TPSA) is 80.4 Å². The third-order valence-electron chi connectivity index (χ3n) is 2.75. The van der Waals surface area contributed by atoms with Crippen molar-refractivity contribution in [3.8, 4) is 0 Å². The van der Waals surface area contributed by atoms with Gasteiger partial charge in [0.2, 0.25) is 0 Å². The number of allylic oxidation sites excluding steroid dienone is 2. The van der Waals surface area contributed by atoms with Crippen LogP contribution < -0.4 is 5.73 Å². The minimum absolute atomic E-state index is 0.0190. The van der Waals surface area contributed by atoms with Crippen molar-refractivity contribution in [1.29, 1.82) is 0 Å². The molecule has 0 aromatic rings. The fourth-order valence-corrected chi connectivity index (χ4v) is 1.64. The SMILES string of the molecule is CCC=CCC(CC)C(=O)C(N)CCC(=O)O. The molecular formula is C13H23NO3. The van der Waals surface area contributed by atoms with E-state index in [0.29, 0.717) is 6.42 Å². The number of carbonyl (C=O) groups is 2. The first kappa shape index (κ1) is 15.8. The van der Waals surface area contributed by atoms with Gasteiger partial charge in [0.1, 0.15) is 0 Å². The van der Waals surface area contributed by atoms with Crippen LogP contribution in [0, 0.1) is 5.92 Å². The summed E-state index contributed by atoms with van der Waals surface area (Å²) in [4.78, 5) is 22.3. The van der Waals surface area contributed by atoms with E-state index in [9.17, 15) is 9.59 Å². The third kappa shape index (κ3) is 6.89. The highest BCUT2D eigenvalue weighted by molar-refractivity contribution is 5.86. The number of ketones is 1. The molecular weight excluding hydrogens is 218 g/mol. The maximum absolute atomic E-state index is 11.9. The van der Waals surface area contributed by atoms with Crippen molar-refractivity contribution in [3.05, 3.63) is 12.2 Å². The first-order valence-corrected chi connectivity index (χ1v) is 6.18. The lowest BCUT2D eigenvalue weighted by Crippen LogP contribution is -2.35. The quantitative estimate of drug-likeness (QED) is 0.606. The summed E-state index contributed by atoms with van der Waals surface area (Å²) in [5.74, 6) is -1.01. The highest BCUT2D eigenvalue weighted by Crippen LogP contribution is 2.14. The van der Waals surface area contributed by atoms with Crippen molar-refractivity contribution >= 4 is 11.8 Å². The second-order valence-electron chi connectivity index (χ2n) is 4.16. The normalized spacial score (nSPS) is 14.8. The number of carboxylic acid groups (broad SMARTS) is 1. The molecule has 0 aliphatic rings. The van der Waals surface area contributed by atoms with Gasteiger partial charge in [0, 0.05) is 12.3 Å². The largest absolute Gasteiger partial charge is 0.481 e. The summed E-state index contributed by atoms with van der Waals surface area (Å²) in [7, 11) is 0. The van der Waals surface area contributed by atoms with E-state index in [0.717, 1.165) is 12.8 Å². The highest BCUT2D eigenvalue weighted by atomic mass is 16.4. The van der Waals surface area contributed by atoms with Crippen LogP contribution in [-0.4, -0.2) is 22.9 Å². The molecule has 4 nitrogen and oxygen atoms in total. The fourth-order valence-electron chi connectivity index (χ4n) is 1.64. The zero-order chi connectivity index (χ0) is 13.3. The van der Waals surface area contributed by atoms with Crippen molar-refractivity contribution in [1.82, 2.24) is 0 Å². The summed E-state index contributed by atoms with van der Waals surface area (Å²) >= 11 is 0. The molecule has 0 saturated heterocycles. The molecule has 2 unspecified atom stereocenters. The zero-order valence-electron chi connectivity index (χ0n) is 10.7. The molecule has 0 heterocycles. The van der Waals surface area contributed by atoms with Gasteiger partial charge in [-0.2, -0.15) is 0 Å². The molecule has 0 saturated carbocycles. The lowest BCUT2D eigenvalue weighted by atomic mass is 9.90. The van der Waals surface area contributed by atoms with E-state index < -0.39 is 12.0 Å². The minimum Gasteiger partial charge on any atom is -0.481 e. The first-order valence-electron chi connectivity index (χ1n) is 6.18. The molecule has 98 valence electrons. The smallest absolute Gasteiger partial charge is 0.303 e. The minimum atomic E-state index is -0.910. The number of carboxylic acids is 1. The monoisotopic (exact) mass is 241 g/mol. The summed E-state index contributed by atoms with van der Waals surface area (Å²) in [6.07, 6.45) is 6.60. The average Bonchev–Trinajstić information content (AvgIpc) is 2.31. The van der Waals surface area contributed by atoms with Crippen LogP contribution in [-0.2, 0) is 9.59 Å². The van der Waals surface area contributed by atoms with E-state index in [2.05, 4.69) is 0 Å². The molecule has 0 aromatic carbocycles. The Hall–Kier alpha value is -1.16. The Balaban J connectivity index is 4.21. The Bertz CT molecular complexity index is 274. The molecule has 0 rings (SSSR count). The Labute approximate surface area is 103 Å². The van der Waals surface area contributed by atoms with Crippen molar-refractivity contribution in [3.63, 3.8) is 0 Å². The second-order valence-corrected chi connectivity index (χ2v) is 4.16. The molecule has 0 radical (unpaired) electrons. The number of carbonyl (C=O) groups excluding carboxylic acids is 1. The lowest BCUT2D eigenvalue weighted by Gasteiger charge is -2.16. The lowest BCUT2D eigenvalue weighted by molar-refractivity contribution is -0.137. The standard InChI is InChI=1S/C13H23NO3/c1-3-5-6-7-10(4-2)13(17)11(14)8-9-12(15)16/h5-6,10-11H,3-4,7-9,14H2,1-2H3,(H,15,16). The summed E-state index contributed by atoms with van der Waals surface area (Å²) in [6, 6.07) is -0.647. The predicted octanol–water partition coefficient (Wildman–Crippen LogP) is 2.13. The number of nitrogens with two attached hydrogens (primary N) is 1. The Morgan fingerprint density at radius 3 is 2.41 bits per heavy atom. The van der Waals surface area contributed by atoms with Gasteiger partial charge in [-0.1, -0.05) is 26.0 Å². The van der Waals surface area contributed by atoms with Crippen molar-refractivity contribution in [2.45, 2.75) is 52.0 Å². The summed E-state index contributed by atoms with van der Waals surface area (Å²) in [5.41, 5.74) is 5.71. The van der Waals surface area contributed by atoms with E-state index in [-0.39, 0.29) is 24.5 Å². The summed E-state index contributed by atoms with van der Waals surface area (Å²) in [5, 5.41) is 8.54. The van der Waals surface area contributed by atoms with Gasteiger partial charge in [-0.05, 0) is 25.7 Å². The van der Waals surface area contributed by atoms with Gasteiger partial charge >= 0.3 is 5.97 Å². The molecule has 0 fully saturated rings. The van der Waals surface area contributed by atoms with Crippen LogP contribution in [0.3, 0.4) is 0 Å². The number of Topliss-reactive ketones (excluding diaryl/α,β-unsaturated/α-hetero) is 1. The molecule has 3 N–H and O–H groups in total. The number of hydrogen-bond donors (Lipinski definition) is 2. The van der Waals surface area contributed by atoms with Crippen molar-refractivity contribution < 1.29 is 14.7 Å². The van der Waals surface area contributed by atoms with Crippen molar-refractivity contribution in [2.75, 3.05) is 0 Å². The Morgan fingerprint density at radius 2 is 1.94 bits per heavy atom. The van der Waals surface area contributed by atoms with Gasteiger partial charge in [0.25, 0.3) is 0 Å². The summed E-state index contributed by atoms with van der Waals surface area (Å²) in [6.45, 7) is 3.99. The number of rotatable bonds is 9. The van der Waals surface area contributed by atoms with Crippen LogP contribution in [0.2, 0.25) is 0 Å².